The quantitative estimate of drug-likeness (QED) is 0.614. The molecular weight excluding hydrogens is 365 g/mol. The number of aromatic nitrogens is 2. The minimum atomic E-state index is 0.628. The minimum absolute atomic E-state index is 0.628. The van der Waals surface area contributed by atoms with E-state index in [4.69, 9.17) is 4.42 Å². The highest BCUT2D eigenvalue weighted by molar-refractivity contribution is 14.1. The number of aryl methyl sites for hydroxylation is 2. The lowest BCUT2D eigenvalue weighted by molar-refractivity contribution is 0.490. The number of hydrogen-bond acceptors (Lipinski definition) is 4. The Bertz CT molecular complexity index is 593. The van der Waals surface area contributed by atoms with Crippen LogP contribution in [0.4, 0.5) is 0 Å². The minimum Gasteiger partial charge on any atom is -0.421 e. The van der Waals surface area contributed by atoms with Gasteiger partial charge in [-0.25, -0.2) is 0 Å². The molecule has 1 aromatic heterocycles. The van der Waals surface area contributed by atoms with Crippen molar-refractivity contribution in [2.24, 2.45) is 0 Å². The lowest BCUT2D eigenvalue weighted by atomic mass is 10.1. The van der Waals surface area contributed by atoms with E-state index in [1.54, 1.807) is 0 Å². The third-order valence-electron chi connectivity index (χ3n) is 3.47. The standard InChI is InChI=1S/C15H18IN3O/c1-10-4-2-5-12(14(10)16)15-19-18-13(20-15)6-3-9-17-11-7-8-11/h2,4-5,11,17H,3,6-9H2,1H3. The number of benzene rings is 1. The van der Waals surface area contributed by atoms with Gasteiger partial charge in [0.15, 0.2) is 0 Å². The third kappa shape index (κ3) is 3.38. The summed E-state index contributed by atoms with van der Waals surface area (Å²) in [4.78, 5) is 0. The fraction of sp³-hybridized carbons (Fsp3) is 0.467. The van der Waals surface area contributed by atoms with Crippen LogP contribution in [0.3, 0.4) is 0 Å². The Kier molecular flexibility index (Phi) is 4.35. The predicted molar refractivity (Wildman–Crippen MR) is 86.5 cm³/mol. The molecule has 4 nitrogen and oxygen atoms in total. The summed E-state index contributed by atoms with van der Waals surface area (Å²) in [5.41, 5.74) is 2.26. The van der Waals surface area contributed by atoms with Crippen LogP contribution in [0.2, 0.25) is 0 Å². The van der Waals surface area contributed by atoms with Crippen molar-refractivity contribution in [3.63, 3.8) is 0 Å². The molecule has 0 spiro atoms. The van der Waals surface area contributed by atoms with Crippen LogP contribution in [0.25, 0.3) is 11.5 Å². The highest BCUT2D eigenvalue weighted by Gasteiger charge is 2.19. The first-order valence-corrected chi connectivity index (χ1v) is 8.13. The Morgan fingerprint density at radius 2 is 2.20 bits per heavy atom. The van der Waals surface area contributed by atoms with Gasteiger partial charge in [-0.15, -0.1) is 10.2 Å². The Labute approximate surface area is 132 Å². The van der Waals surface area contributed by atoms with Crippen LogP contribution in [0.1, 0.15) is 30.7 Å². The lowest BCUT2D eigenvalue weighted by Gasteiger charge is -2.02. The zero-order valence-corrected chi connectivity index (χ0v) is 13.7. The van der Waals surface area contributed by atoms with Gasteiger partial charge in [-0.2, -0.15) is 0 Å². The first-order valence-electron chi connectivity index (χ1n) is 7.05. The summed E-state index contributed by atoms with van der Waals surface area (Å²) in [5, 5.41) is 11.8. The number of halogens is 1. The van der Waals surface area contributed by atoms with Gasteiger partial charge in [0, 0.05) is 16.0 Å². The van der Waals surface area contributed by atoms with Crippen molar-refractivity contribution in [2.45, 2.75) is 38.6 Å². The van der Waals surface area contributed by atoms with Gasteiger partial charge in [0.2, 0.25) is 11.8 Å². The molecule has 1 aromatic carbocycles. The molecule has 0 unspecified atom stereocenters. The molecule has 106 valence electrons. The molecule has 1 aliphatic rings. The summed E-state index contributed by atoms with van der Waals surface area (Å²) < 4.78 is 6.95. The molecule has 0 bridgehead atoms. The molecule has 1 heterocycles. The fourth-order valence-electron chi connectivity index (χ4n) is 2.11. The van der Waals surface area contributed by atoms with E-state index in [0.29, 0.717) is 5.89 Å². The predicted octanol–water partition coefficient (Wildman–Crippen LogP) is 3.33. The summed E-state index contributed by atoms with van der Waals surface area (Å²) in [6, 6.07) is 6.91. The van der Waals surface area contributed by atoms with E-state index in [9.17, 15) is 0 Å². The van der Waals surface area contributed by atoms with Gasteiger partial charge in [-0.3, -0.25) is 0 Å². The molecule has 5 heteroatoms. The Balaban J connectivity index is 1.62. The van der Waals surface area contributed by atoms with Crippen molar-refractivity contribution < 1.29 is 4.42 Å². The maximum Gasteiger partial charge on any atom is 0.248 e. The average molecular weight is 383 g/mol. The molecular formula is C15H18IN3O. The molecule has 3 rings (SSSR count). The van der Waals surface area contributed by atoms with Gasteiger partial charge in [0.1, 0.15) is 0 Å². The molecule has 0 radical (unpaired) electrons. The first kappa shape index (κ1) is 14.0. The van der Waals surface area contributed by atoms with Crippen LogP contribution in [0, 0.1) is 10.5 Å². The molecule has 0 amide bonds. The molecule has 2 aromatic rings. The molecule has 0 atom stereocenters. The van der Waals surface area contributed by atoms with Gasteiger partial charge in [-0.1, -0.05) is 12.1 Å². The van der Waals surface area contributed by atoms with E-state index >= 15 is 0 Å². The smallest absolute Gasteiger partial charge is 0.248 e. The van der Waals surface area contributed by atoms with Crippen LogP contribution < -0.4 is 5.32 Å². The number of rotatable bonds is 6. The molecule has 1 N–H and O–H groups in total. The monoisotopic (exact) mass is 383 g/mol. The second-order valence-electron chi connectivity index (χ2n) is 5.27. The molecule has 1 fully saturated rings. The fourth-order valence-corrected chi connectivity index (χ4v) is 2.70. The summed E-state index contributed by atoms with van der Waals surface area (Å²) in [5.74, 6) is 1.36. The highest BCUT2D eigenvalue weighted by atomic mass is 127. The zero-order chi connectivity index (χ0) is 13.9. The molecule has 0 aliphatic heterocycles. The van der Waals surface area contributed by atoms with E-state index in [1.165, 1.54) is 22.0 Å². The number of nitrogens with one attached hydrogen (secondary N) is 1. The molecule has 1 aliphatic carbocycles. The van der Waals surface area contributed by atoms with Gasteiger partial charge in [-0.05, 0) is 67.0 Å². The van der Waals surface area contributed by atoms with Crippen LogP contribution in [0.15, 0.2) is 22.6 Å². The van der Waals surface area contributed by atoms with Gasteiger partial charge in [0.25, 0.3) is 0 Å². The molecule has 0 saturated heterocycles. The lowest BCUT2D eigenvalue weighted by Crippen LogP contribution is -2.17. The molecule has 20 heavy (non-hydrogen) atoms. The van der Waals surface area contributed by atoms with Crippen LogP contribution >= 0.6 is 22.6 Å². The van der Waals surface area contributed by atoms with E-state index in [0.717, 1.165) is 36.9 Å². The van der Waals surface area contributed by atoms with Crippen molar-refractivity contribution in [1.82, 2.24) is 15.5 Å². The topological polar surface area (TPSA) is 51.0 Å². The number of nitrogens with zero attached hydrogens (tertiary/aromatic N) is 2. The Morgan fingerprint density at radius 1 is 1.35 bits per heavy atom. The van der Waals surface area contributed by atoms with Gasteiger partial charge >= 0.3 is 0 Å². The van der Waals surface area contributed by atoms with Crippen molar-refractivity contribution in [3.05, 3.63) is 33.2 Å². The van der Waals surface area contributed by atoms with Crippen molar-refractivity contribution >= 4 is 22.6 Å². The van der Waals surface area contributed by atoms with Crippen LogP contribution in [0.5, 0.6) is 0 Å². The molecule has 1 saturated carbocycles. The largest absolute Gasteiger partial charge is 0.421 e. The van der Waals surface area contributed by atoms with Crippen LogP contribution in [-0.4, -0.2) is 22.8 Å². The Hall–Kier alpha value is -0.950. The second-order valence-corrected chi connectivity index (χ2v) is 6.35. The first-order chi connectivity index (χ1) is 9.74. The number of hydrogen-bond donors (Lipinski definition) is 1. The van der Waals surface area contributed by atoms with Gasteiger partial charge < -0.3 is 9.73 Å². The van der Waals surface area contributed by atoms with Gasteiger partial charge in [0.05, 0.1) is 5.56 Å². The maximum atomic E-state index is 5.77. The summed E-state index contributed by atoms with van der Waals surface area (Å²) in [6.45, 7) is 3.12. The summed E-state index contributed by atoms with van der Waals surface area (Å²) >= 11 is 2.33. The Morgan fingerprint density at radius 3 is 3.00 bits per heavy atom. The van der Waals surface area contributed by atoms with E-state index in [2.05, 4.69) is 51.1 Å². The van der Waals surface area contributed by atoms with Crippen molar-refractivity contribution in [2.75, 3.05) is 6.54 Å². The average Bonchev–Trinajstić information content (AvgIpc) is 3.15. The third-order valence-corrected chi connectivity index (χ3v) is 4.90. The van der Waals surface area contributed by atoms with Crippen molar-refractivity contribution in [3.8, 4) is 11.5 Å². The van der Waals surface area contributed by atoms with E-state index in [-0.39, 0.29) is 0 Å². The highest BCUT2D eigenvalue weighted by Crippen LogP contribution is 2.26. The summed E-state index contributed by atoms with van der Waals surface area (Å²) in [7, 11) is 0. The summed E-state index contributed by atoms with van der Waals surface area (Å²) in [6.07, 6.45) is 4.55. The van der Waals surface area contributed by atoms with Crippen molar-refractivity contribution in [1.29, 1.82) is 0 Å². The maximum absolute atomic E-state index is 5.77. The second kappa shape index (κ2) is 6.22. The zero-order valence-electron chi connectivity index (χ0n) is 11.5. The SMILES string of the molecule is Cc1cccc(-c2nnc(CCCNC3CC3)o2)c1I. The van der Waals surface area contributed by atoms with E-state index in [1.807, 2.05) is 12.1 Å². The van der Waals surface area contributed by atoms with Crippen LogP contribution in [-0.2, 0) is 6.42 Å². The normalized spacial score (nSPS) is 14.7. The van der Waals surface area contributed by atoms with E-state index < -0.39 is 0 Å².